The van der Waals surface area contributed by atoms with Crippen molar-refractivity contribution in [1.29, 1.82) is 0 Å². The number of thiophene rings is 1. The highest BCUT2D eigenvalue weighted by atomic mass is 32.1. The van der Waals surface area contributed by atoms with Crippen LogP contribution in [0.15, 0.2) is 41.8 Å². The van der Waals surface area contributed by atoms with Gasteiger partial charge in [-0.1, -0.05) is 18.2 Å². The number of benzene rings is 1. The summed E-state index contributed by atoms with van der Waals surface area (Å²) in [7, 11) is 0. The van der Waals surface area contributed by atoms with Gasteiger partial charge in [-0.3, -0.25) is 4.79 Å². The zero-order chi connectivity index (χ0) is 15.9. The van der Waals surface area contributed by atoms with Crippen LogP contribution in [0, 0.1) is 0 Å². The third-order valence-electron chi connectivity index (χ3n) is 2.90. The minimum atomic E-state index is -2.88. The Labute approximate surface area is 130 Å². The highest BCUT2D eigenvalue weighted by Crippen LogP contribution is 2.19. The molecule has 1 atom stereocenters. The number of ether oxygens (including phenoxy) is 1. The van der Waals surface area contributed by atoms with Crippen molar-refractivity contribution in [1.82, 2.24) is 5.32 Å². The fourth-order valence-electron chi connectivity index (χ4n) is 1.83. The molecule has 0 aliphatic carbocycles. The number of nitrogens with one attached hydrogen (secondary N) is 1. The third kappa shape index (κ3) is 5.09. The van der Waals surface area contributed by atoms with Crippen LogP contribution in [-0.4, -0.2) is 24.2 Å². The van der Waals surface area contributed by atoms with E-state index in [0.29, 0.717) is 5.56 Å². The minimum Gasteiger partial charge on any atom is -0.435 e. The maximum atomic E-state index is 12.0. The van der Waals surface area contributed by atoms with E-state index in [2.05, 4.69) is 10.1 Å². The first kappa shape index (κ1) is 16.4. The van der Waals surface area contributed by atoms with Crippen molar-refractivity contribution in [2.24, 2.45) is 0 Å². The molecule has 22 heavy (non-hydrogen) atoms. The lowest BCUT2D eigenvalue weighted by Crippen LogP contribution is -2.29. The molecule has 0 aliphatic rings. The zero-order valence-corrected chi connectivity index (χ0v) is 12.4. The third-order valence-corrected chi connectivity index (χ3v) is 3.77. The van der Waals surface area contributed by atoms with Gasteiger partial charge in [0, 0.05) is 11.4 Å². The molecule has 2 N–H and O–H groups in total. The molecule has 118 valence electrons. The molecule has 2 rings (SSSR count). The molecule has 1 unspecified atom stereocenters. The van der Waals surface area contributed by atoms with Gasteiger partial charge >= 0.3 is 6.61 Å². The predicted molar refractivity (Wildman–Crippen MR) is 79.1 cm³/mol. The summed E-state index contributed by atoms with van der Waals surface area (Å²) < 4.78 is 28.3. The van der Waals surface area contributed by atoms with Crippen LogP contribution in [0.5, 0.6) is 5.75 Å². The Hall–Kier alpha value is -1.99. The van der Waals surface area contributed by atoms with Crippen LogP contribution in [0.2, 0.25) is 0 Å². The summed E-state index contributed by atoms with van der Waals surface area (Å²) in [4.78, 5) is 12.6. The number of aliphatic hydroxyl groups excluding tert-OH is 1. The smallest absolute Gasteiger partial charge is 0.387 e. The molecule has 0 fully saturated rings. The van der Waals surface area contributed by atoms with Crippen molar-refractivity contribution in [3.63, 3.8) is 0 Å². The quantitative estimate of drug-likeness (QED) is 0.822. The van der Waals surface area contributed by atoms with Crippen LogP contribution in [0.3, 0.4) is 0 Å². The lowest BCUT2D eigenvalue weighted by Gasteiger charge is -2.13. The van der Waals surface area contributed by atoms with Crippen molar-refractivity contribution in [2.45, 2.75) is 19.1 Å². The van der Waals surface area contributed by atoms with E-state index in [-0.39, 0.29) is 24.6 Å². The number of aliphatic hydroxyl groups is 1. The van der Waals surface area contributed by atoms with Gasteiger partial charge in [0.25, 0.3) is 0 Å². The number of hydrogen-bond donors (Lipinski definition) is 2. The second-order valence-electron chi connectivity index (χ2n) is 4.52. The number of hydrogen-bond acceptors (Lipinski definition) is 4. The number of carbonyl (C=O) groups is 1. The fraction of sp³-hybridized carbons (Fsp3) is 0.267. The van der Waals surface area contributed by atoms with Gasteiger partial charge in [0.05, 0.1) is 12.5 Å². The Morgan fingerprint density at radius 2 is 2.00 bits per heavy atom. The van der Waals surface area contributed by atoms with E-state index >= 15 is 0 Å². The second-order valence-corrected chi connectivity index (χ2v) is 5.56. The Morgan fingerprint density at radius 1 is 1.27 bits per heavy atom. The molecule has 0 saturated carbocycles. The van der Waals surface area contributed by atoms with Crippen molar-refractivity contribution in [2.75, 3.05) is 6.54 Å². The molecule has 1 aromatic heterocycles. The summed E-state index contributed by atoms with van der Waals surface area (Å²) in [6.45, 7) is -2.83. The monoisotopic (exact) mass is 327 g/mol. The molecule has 4 nitrogen and oxygen atoms in total. The summed E-state index contributed by atoms with van der Waals surface area (Å²) >= 11 is 1.49. The summed E-state index contributed by atoms with van der Waals surface area (Å²) in [6, 6.07) is 9.38. The average molecular weight is 327 g/mol. The highest BCUT2D eigenvalue weighted by Gasteiger charge is 2.11. The first-order valence-corrected chi connectivity index (χ1v) is 7.44. The van der Waals surface area contributed by atoms with Gasteiger partial charge in [0.1, 0.15) is 5.75 Å². The first-order chi connectivity index (χ1) is 10.5. The second kappa shape index (κ2) is 7.86. The zero-order valence-electron chi connectivity index (χ0n) is 11.5. The van der Waals surface area contributed by atoms with Crippen molar-refractivity contribution in [3.05, 3.63) is 52.2 Å². The lowest BCUT2D eigenvalue weighted by molar-refractivity contribution is -0.120. The maximum absolute atomic E-state index is 12.0. The number of amides is 1. The van der Waals surface area contributed by atoms with Crippen LogP contribution >= 0.6 is 11.3 Å². The van der Waals surface area contributed by atoms with Gasteiger partial charge in [-0.15, -0.1) is 11.3 Å². The Balaban J connectivity index is 1.81. The number of halogens is 2. The molecule has 0 aliphatic heterocycles. The Bertz CT molecular complexity index is 587. The van der Waals surface area contributed by atoms with E-state index < -0.39 is 12.7 Å². The summed E-state index contributed by atoms with van der Waals surface area (Å²) in [5.74, 6) is -0.160. The van der Waals surface area contributed by atoms with Crippen LogP contribution in [0.4, 0.5) is 8.78 Å². The maximum Gasteiger partial charge on any atom is 0.387 e. The van der Waals surface area contributed by atoms with Crippen LogP contribution < -0.4 is 10.1 Å². The number of carbonyl (C=O) groups excluding carboxylic acids is 1. The molecule has 1 heterocycles. The van der Waals surface area contributed by atoms with Gasteiger partial charge in [-0.25, -0.2) is 0 Å². The largest absolute Gasteiger partial charge is 0.435 e. The SMILES string of the molecule is O=C(Cc1cccs1)NCC(O)c1ccc(OC(F)F)cc1. The van der Waals surface area contributed by atoms with E-state index in [0.717, 1.165) is 4.88 Å². The molecule has 7 heteroatoms. The van der Waals surface area contributed by atoms with E-state index in [1.807, 2.05) is 17.5 Å². The molecule has 1 amide bonds. The standard InChI is InChI=1S/C15H15F2NO3S/c16-15(17)21-11-5-3-10(4-6-11)13(19)9-18-14(20)8-12-2-1-7-22-12/h1-7,13,15,19H,8-9H2,(H,18,20). The highest BCUT2D eigenvalue weighted by molar-refractivity contribution is 7.10. The van der Waals surface area contributed by atoms with Crippen molar-refractivity contribution < 1.29 is 23.4 Å². The lowest BCUT2D eigenvalue weighted by atomic mass is 10.1. The van der Waals surface area contributed by atoms with Crippen LogP contribution in [0.25, 0.3) is 0 Å². The molecule has 2 aromatic rings. The van der Waals surface area contributed by atoms with E-state index in [9.17, 15) is 18.7 Å². The Kier molecular flexibility index (Phi) is 5.85. The van der Waals surface area contributed by atoms with Gasteiger partial charge in [-0.05, 0) is 29.1 Å². The molecule has 0 radical (unpaired) electrons. The van der Waals surface area contributed by atoms with Crippen LogP contribution in [-0.2, 0) is 11.2 Å². The molecule has 0 bridgehead atoms. The fourth-order valence-corrected chi connectivity index (χ4v) is 2.54. The van der Waals surface area contributed by atoms with Crippen LogP contribution in [0.1, 0.15) is 16.5 Å². The Morgan fingerprint density at radius 3 is 2.59 bits per heavy atom. The van der Waals surface area contributed by atoms with Gasteiger partial charge in [0.2, 0.25) is 5.91 Å². The van der Waals surface area contributed by atoms with Gasteiger partial charge in [0.15, 0.2) is 0 Å². The summed E-state index contributed by atoms with van der Waals surface area (Å²) in [5.41, 5.74) is 0.512. The van der Waals surface area contributed by atoms with Gasteiger partial charge in [-0.2, -0.15) is 8.78 Å². The van der Waals surface area contributed by atoms with E-state index in [4.69, 9.17) is 0 Å². The van der Waals surface area contributed by atoms with E-state index in [1.165, 1.54) is 35.6 Å². The summed E-state index contributed by atoms with van der Waals surface area (Å²) in [6.07, 6.45) is -0.640. The van der Waals surface area contributed by atoms with E-state index in [1.54, 1.807) is 0 Å². The molecule has 0 spiro atoms. The normalized spacial score (nSPS) is 12.2. The minimum absolute atomic E-state index is 0.0210. The average Bonchev–Trinajstić information content (AvgIpc) is 2.98. The predicted octanol–water partition coefficient (Wildman–Crippen LogP) is 2.74. The number of alkyl halides is 2. The molecular formula is C15H15F2NO3S. The van der Waals surface area contributed by atoms with Crippen molar-refractivity contribution in [3.8, 4) is 5.75 Å². The van der Waals surface area contributed by atoms with Gasteiger partial charge < -0.3 is 15.2 Å². The molecular weight excluding hydrogens is 312 g/mol. The summed E-state index contributed by atoms with van der Waals surface area (Å²) in [5, 5.41) is 14.5. The molecule has 0 saturated heterocycles. The first-order valence-electron chi connectivity index (χ1n) is 6.56. The molecule has 1 aromatic carbocycles. The number of rotatable bonds is 7. The topological polar surface area (TPSA) is 58.6 Å². The van der Waals surface area contributed by atoms with Crippen molar-refractivity contribution >= 4 is 17.2 Å².